The van der Waals surface area contributed by atoms with Crippen molar-refractivity contribution in [2.24, 2.45) is 5.92 Å². The van der Waals surface area contributed by atoms with Crippen molar-refractivity contribution in [2.75, 3.05) is 26.2 Å². The molecule has 0 aromatic rings. The van der Waals surface area contributed by atoms with Gasteiger partial charge >= 0.3 is 12.0 Å². The van der Waals surface area contributed by atoms with Crippen LogP contribution in [0.3, 0.4) is 0 Å². The Bertz CT molecular complexity index is 343. The predicted molar refractivity (Wildman–Crippen MR) is 80.0 cm³/mol. The summed E-state index contributed by atoms with van der Waals surface area (Å²) < 4.78 is 0. The minimum atomic E-state index is -0.908. The molecule has 1 atom stereocenters. The maximum absolute atomic E-state index is 11.7. The molecule has 0 heterocycles. The summed E-state index contributed by atoms with van der Waals surface area (Å²) in [4.78, 5) is 35.8. The molecule has 0 bridgehead atoms. The van der Waals surface area contributed by atoms with Crippen LogP contribution in [0.5, 0.6) is 0 Å². The van der Waals surface area contributed by atoms with Crippen LogP contribution in [0.4, 0.5) is 4.79 Å². The van der Waals surface area contributed by atoms with Crippen molar-refractivity contribution >= 4 is 17.9 Å². The third-order valence-corrected chi connectivity index (χ3v) is 3.24. The zero-order chi connectivity index (χ0) is 16.3. The molecule has 7 heteroatoms. The minimum Gasteiger partial charge on any atom is -0.481 e. The van der Waals surface area contributed by atoms with Crippen LogP contribution in [-0.2, 0) is 9.59 Å². The van der Waals surface area contributed by atoms with E-state index < -0.39 is 17.9 Å². The molecule has 0 aliphatic rings. The molecule has 3 N–H and O–H groups in total. The van der Waals surface area contributed by atoms with Crippen LogP contribution in [-0.4, -0.2) is 54.1 Å². The summed E-state index contributed by atoms with van der Waals surface area (Å²) in [6.45, 7) is 7.35. The van der Waals surface area contributed by atoms with Gasteiger partial charge in [-0.3, -0.25) is 9.59 Å². The molecule has 7 nitrogen and oxygen atoms in total. The molecular formula is C14H27N3O4. The lowest BCUT2D eigenvalue weighted by atomic mass is 10.0. The van der Waals surface area contributed by atoms with Crippen molar-refractivity contribution in [3.8, 4) is 0 Å². The minimum absolute atomic E-state index is 0.00491. The van der Waals surface area contributed by atoms with Gasteiger partial charge in [-0.2, -0.15) is 0 Å². The van der Waals surface area contributed by atoms with Gasteiger partial charge in [-0.15, -0.1) is 0 Å². The van der Waals surface area contributed by atoms with E-state index in [-0.39, 0.29) is 25.4 Å². The summed E-state index contributed by atoms with van der Waals surface area (Å²) in [5, 5.41) is 14.0. The normalized spacial score (nSPS) is 11.6. The summed E-state index contributed by atoms with van der Waals surface area (Å²) in [6, 6.07) is -0.440. The number of carboxylic acids is 1. The molecule has 0 aromatic carbocycles. The summed E-state index contributed by atoms with van der Waals surface area (Å²) in [7, 11) is 0. The number of carboxylic acid groups (broad SMARTS) is 1. The van der Waals surface area contributed by atoms with Crippen LogP contribution in [0.25, 0.3) is 0 Å². The number of nitrogens with one attached hydrogen (secondary N) is 2. The average molecular weight is 301 g/mol. The largest absolute Gasteiger partial charge is 0.481 e. The second-order valence-corrected chi connectivity index (χ2v) is 4.78. The molecule has 0 radical (unpaired) electrons. The zero-order valence-electron chi connectivity index (χ0n) is 13.1. The second kappa shape index (κ2) is 10.9. The van der Waals surface area contributed by atoms with Crippen molar-refractivity contribution in [2.45, 2.75) is 40.0 Å². The number of urea groups is 1. The number of carbonyl (C=O) groups is 3. The van der Waals surface area contributed by atoms with E-state index >= 15 is 0 Å². The smallest absolute Gasteiger partial charge is 0.314 e. The van der Waals surface area contributed by atoms with Crippen LogP contribution in [0.1, 0.15) is 40.0 Å². The molecule has 0 spiro atoms. The molecule has 0 saturated carbocycles. The predicted octanol–water partition coefficient (Wildman–Crippen LogP) is 1.05. The molecule has 0 aliphatic heterocycles. The van der Waals surface area contributed by atoms with Gasteiger partial charge in [-0.25, -0.2) is 4.79 Å². The summed E-state index contributed by atoms with van der Waals surface area (Å²) in [5.41, 5.74) is 0. The number of hydrogen-bond acceptors (Lipinski definition) is 3. The number of amides is 3. The highest BCUT2D eigenvalue weighted by molar-refractivity contribution is 5.78. The Balaban J connectivity index is 3.95. The van der Waals surface area contributed by atoms with Gasteiger partial charge in [0.2, 0.25) is 5.91 Å². The Morgan fingerprint density at radius 3 is 2.19 bits per heavy atom. The van der Waals surface area contributed by atoms with Gasteiger partial charge in [0.05, 0.1) is 5.92 Å². The van der Waals surface area contributed by atoms with E-state index in [1.807, 2.05) is 20.8 Å². The highest BCUT2D eigenvalue weighted by Crippen LogP contribution is 2.04. The van der Waals surface area contributed by atoms with Crippen LogP contribution < -0.4 is 10.6 Å². The van der Waals surface area contributed by atoms with Crippen LogP contribution >= 0.6 is 0 Å². The Hall–Kier alpha value is -1.79. The molecule has 21 heavy (non-hydrogen) atoms. The number of rotatable bonds is 10. The first-order valence-electron chi connectivity index (χ1n) is 7.48. The molecule has 1 unspecified atom stereocenters. The van der Waals surface area contributed by atoms with E-state index in [0.29, 0.717) is 19.5 Å². The topological polar surface area (TPSA) is 98.7 Å². The molecule has 0 aromatic heterocycles. The highest BCUT2D eigenvalue weighted by atomic mass is 16.4. The molecule has 122 valence electrons. The van der Waals surface area contributed by atoms with Crippen molar-refractivity contribution in [1.29, 1.82) is 0 Å². The zero-order valence-corrected chi connectivity index (χ0v) is 13.1. The van der Waals surface area contributed by atoms with Gasteiger partial charge in [-0.05, 0) is 20.3 Å². The average Bonchev–Trinajstić information content (AvgIpc) is 2.44. The number of hydrogen-bond donors (Lipinski definition) is 3. The molecule has 0 saturated heterocycles. The van der Waals surface area contributed by atoms with Crippen LogP contribution in [0.15, 0.2) is 0 Å². The van der Waals surface area contributed by atoms with Crippen molar-refractivity contribution in [1.82, 2.24) is 15.5 Å². The number of aliphatic carboxylic acids is 1. The molecule has 0 aliphatic carbocycles. The fourth-order valence-electron chi connectivity index (χ4n) is 1.96. The Labute approximate surface area is 126 Å². The molecule has 3 amide bonds. The Morgan fingerprint density at radius 2 is 1.71 bits per heavy atom. The third kappa shape index (κ3) is 8.16. The van der Waals surface area contributed by atoms with E-state index in [1.54, 1.807) is 4.90 Å². The summed E-state index contributed by atoms with van der Waals surface area (Å²) in [5.74, 6) is -1.48. The van der Waals surface area contributed by atoms with Gasteiger partial charge in [0.1, 0.15) is 0 Å². The number of carbonyl (C=O) groups excluding carboxylic acids is 2. The van der Waals surface area contributed by atoms with Gasteiger partial charge in [0.15, 0.2) is 0 Å². The van der Waals surface area contributed by atoms with Gasteiger partial charge in [0, 0.05) is 32.6 Å². The maximum atomic E-state index is 11.7. The van der Waals surface area contributed by atoms with E-state index in [4.69, 9.17) is 5.11 Å². The van der Waals surface area contributed by atoms with E-state index in [2.05, 4.69) is 10.6 Å². The fraction of sp³-hybridized carbons (Fsp3) is 0.786. The van der Waals surface area contributed by atoms with Gasteiger partial charge in [-0.1, -0.05) is 13.3 Å². The lowest BCUT2D eigenvalue weighted by Crippen LogP contribution is -2.41. The van der Waals surface area contributed by atoms with Crippen molar-refractivity contribution < 1.29 is 19.5 Å². The van der Waals surface area contributed by atoms with Crippen molar-refractivity contribution in [3.63, 3.8) is 0 Å². The van der Waals surface area contributed by atoms with Crippen LogP contribution in [0, 0.1) is 5.92 Å². The van der Waals surface area contributed by atoms with Crippen molar-refractivity contribution in [3.05, 3.63) is 0 Å². The first-order valence-corrected chi connectivity index (χ1v) is 7.48. The van der Waals surface area contributed by atoms with E-state index in [9.17, 15) is 14.4 Å². The Morgan fingerprint density at radius 1 is 1.10 bits per heavy atom. The van der Waals surface area contributed by atoms with Gasteiger partial charge < -0.3 is 20.6 Å². The van der Waals surface area contributed by atoms with E-state index in [1.165, 1.54) is 0 Å². The lowest BCUT2D eigenvalue weighted by molar-refractivity contribution is -0.141. The fourth-order valence-corrected chi connectivity index (χ4v) is 1.96. The summed E-state index contributed by atoms with van der Waals surface area (Å²) >= 11 is 0. The highest BCUT2D eigenvalue weighted by Gasteiger charge is 2.17. The molecule has 0 fully saturated rings. The summed E-state index contributed by atoms with van der Waals surface area (Å²) in [6.07, 6.45) is 1.51. The number of nitrogens with zero attached hydrogens (tertiary/aromatic N) is 1. The molecular weight excluding hydrogens is 274 g/mol. The van der Waals surface area contributed by atoms with Crippen LogP contribution in [0.2, 0.25) is 0 Å². The first kappa shape index (κ1) is 19.2. The SMILES string of the molecule is CCCC(CNC(=O)NCCC(=O)N(CC)CC)C(=O)O. The molecule has 0 rings (SSSR count). The quantitative estimate of drug-likeness (QED) is 0.561. The second-order valence-electron chi connectivity index (χ2n) is 4.78. The third-order valence-electron chi connectivity index (χ3n) is 3.24. The Kier molecular flexibility index (Phi) is 10.0. The van der Waals surface area contributed by atoms with Gasteiger partial charge in [0.25, 0.3) is 0 Å². The maximum Gasteiger partial charge on any atom is 0.314 e. The first-order chi connectivity index (χ1) is 9.96. The monoisotopic (exact) mass is 301 g/mol. The lowest BCUT2D eigenvalue weighted by Gasteiger charge is -2.18. The standard InChI is InChI=1S/C14H27N3O4/c1-4-7-11(13(19)20)10-16-14(21)15-9-8-12(18)17(5-2)6-3/h11H,4-10H2,1-3H3,(H,19,20)(H2,15,16,21). The van der Waals surface area contributed by atoms with E-state index in [0.717, 1.165) is 6.42 Å².